The molecule has 0 bridgehead atoms. The molecule has 0 saturated heterocycles. The fraction of sp³-hybridized carbons (Fsp3) is 0.462. The second-order valence-corrected chi connectivity index (χ2v) is 3.85. The van der Waals surface area contributed by atoms with E-state index in [9.17, 15) is 0 Å². The van der Waals surface area contributed by atoms with Crippen molar-refractivity contribution in [3.8, 4) is 5.75 Å². The van der Waals surface area contributed by atoms with Crippen LogP contribution in [0.5, 0.6) is 5.75 Å². The van der Waals surface area contributed by atoms with E-state index < -0.39 is 0 Å². The van der Waals surface area contributed by atoms with E-state index in [0.29, 0.717) is 31.1 Å². The first-order valence-corrected chi connectivity index (χ1v) is 5.77. The molecule has 100 valence electrons. The van der Waals surface area contributed by atoms with Gasteiger partial charge in [0, 0.05) is 20.3 Å². The summed E-state index contributed by atoms with van der Waals surface area (Å²) in [6.45, 7) is 1.87. The number of benzene rings is 1. The number of rotatable bonds is 8. The number of hydrogen-bond donors (Lipinski definition) is 2. The molecule has 1 rings (SSSR count). The molecule has 1 aromatic carbocycles. The lowest BCUT2D eigenvalue weighted by molar-refractivity contribution is 0.0927. The summed E-state index contributed by atoms with van der Waals surface area (Å²) >= 11 is 0. The molecule has 18 heavy (non-hydrogen) atoms. The van der Waals surface area contributed by atoms with Crippen molar-refractivity contribution in [3.63, 3.8) is 0 Å². The number of nitrogens with one attached hydrogen (secondary N) is 1. The Balaban J connectivity index is 2.54. The predicted molar refractivity (Wildman–Crippen MR) is 70.2 cm³/mol. The van der Waals surface area contributed by atoms with Crippen molar-refractivity contribution in [2.45, 2.75) is 13.0 Å². The summed E-state index contributed by atoms with van der Waals surface area (Å²) in [5, 5.41) is 7.42. The number of methoxy groups -OCH3 is 2. The highest BCUT2D eigenvalue weighted by molar-refractivity contribution is 5.97. The van der Waals surface area contributed by atoms with Gasteiger partial charge < -0.3 is 19.9 Å². The maximum Gasteiger partial charge on any atom is 0.130 e. The highest BCUT2D eigenvalue weighted by atomic mass is 16.5. The Morgan fingerprint density at radius 1 is 1.28 bits per heavy atom. The molecule has 0 heterocycles. The van der Waals surface area contributed by atoms with E-state index in [0.717, 1.165) is 12.0 Å². The van der Waals surface area contributed by atoms with Gasteiger partial charge in [0.2, 0.25) is 0 Å². The minimum absolute atomic E-state index is 0.000544. The van der Waals surface area contributed by atoms with Crippen molar-refractivity contribution >= 4 is 5.84 Å². The largest absolute Gasteiger partial charge is 0.496 e. The Morgan fingerprint density at radius 2 is 2.06 bits per heavy atom. The average Bonchev–Trinajstić information content (AvgIpc) is 2.38. The summed E-state index contributed by atoms with van der Waals surface area (Å²) < 4.78 is 15.6. The molecule has 5 heteroatoms. The molecule has 0 radical (unpaired) electrons. The van der Waals surface area contributed by atoms with Crippen LogP contribution in [0.15, 0.2) is 18.2 Å². The predicted octanol–water partition coefficient (Wildman–Crippen LogP) is 1.53. The number of hydrogen-bond acceptors (Lipinski definition) is 4. The highest BCUT2D eigenvalue weighted by Gasteiger charge is 2.06. The molecular weight excluding hydrogens is 232 g/mol. The second kappa shape index (κ2) is 7.68. The van der Waals surface area contributed by atoms with Crippen molar-refractivity contribution in [1.29, 1.82) is 5.41 Å². The molecule has 0 aliphatic carbocycles. The van der Waals surface area contributed by atoms with Gasteiger partial charge >= 0.3 is 0 Å². The van der Waals surface area contributed by atoms with Crippen LogP contribution in [0.3, 0.4) is 0 Å². The first-order valence-electron chi connectivity index (χ1n) is 5.77. The summed E-state index contributed by atoms with van der Waals surface area (Å²) in [7, 11) is 3.23. The smallest absolute Gasteiger partial charge is 0.130 e. The Bertz CT molecular complexity index is 394. The summed E-state index contributed by atoms with van der Waals surface area (Å²) in [5.41, 5.74) is 7.05. The molecule has 3 N–H and O–H groups in total. The van der Waals surface area contributed by atoms with Crippen LogP contribution in [-0.4, -0.2) is 33.3 Å². The first kappa shape index (κ1) is 14.5. The van der Waals surface area contributed by atoms with Gasteiger partial charge in [0.05, 0.1) is 19.3 Å². The second-order valence-electron chi connectivity index (χ2n) is 3.85. The van der Waals surface area contributed by atoms with Crippen LogP contribution >= 0.6 is 0 Å². The number of nitrogens with two attached hydrogens (primary N) is 1. The van der Waals surface area contributed by atoms with Crippen LogP contribution < -0.4 is 10.5 Å². The Labute approximate surface area is 107 Å². The van der Waals surface area contributed by atoms with E-state index >= 15 is 0 Å². The Morgan fingerprint density at radius 3 is 2.67 bits per heavy atom. The summed E-state index contributed by atoms with van der Waals surface area (Å²) in [5.74, 6) is 0.597. The third-order valence-electron chi connectivity index (χ3n) is 2.46. The van der Waals surface area contributed by atoms with Crippen LogP contribution in [0, 0.1) is 5.41 Å². The molecule has 5 nitrogen and oxygen atoms in total. The fourth-order valence-corrected chi connectivity index (χ4v) is 1.54. The van der Waals surface area contributed by atoms with Gasteiger partial charge in [0.15, 0.2) is 0 Å². The summed E-state index contributed by atoms with van der Waals surface area (Å²) in [4.78, 5) is 0. The molecule has 0 atom stereocenters. The van der Waals surface area contributed by atoms with E-state index in [4.69, 9.17) is 25.4 Å². The van der Waals surface area contributed by atoms with Crippen molar-refractivity contribution in [2.24, 2.45) is 5.73 Å². The highest BCUT2D eigenvalue weighted by Crippen LogP contribution is 2.20. The third kappa shape index (κ3) is 4.35. The molecule has 0 saturated carbocycles. The lowest BCUT2D eigenvalue weighted by Gasteiger charge is -2.10. The van der Waals surface area contributed by atoms with E-state index in [2.05, 4.69) is 0 Å². The monoisotopic (exact) mass is 252 g/mol. The van der Waals surface area contributed by atoms with Gasteiger partial charge in [-0.2, -0.15) is 0 Å². The van der Waals surface area contributed by atoms with Crippen LogP contribution in [0.2, 0.25) is 0 Å². The standard InChI is InChI=1S/C13H20N2O3/c1-16-6-3-7-18-9-10-4-5-11(13(14)15)12(8-10)17-2/h4-5,8H,3,6-7,9H2,1-2H3,(H3,14,15). The van der Waals surface area contributed by atoms with Crippen LogP contribution in [0.1, 0.15) is 17.5 Å². The molecule has 1 aromatic rings. The normalized spacial score (nSPS) is 10.3. The molecule has 0 spiro atoms. The van der Waals surface area contributed by atoms with Crippen molar-refractivity contribution in [2.75, 3.05) is 27.4 Å². The SMILES string of the molecule is COCCCOCc1ccc(C(=N)N)c(OC)c1. The summed E-state index contributed by atoms with van der Waals surface area (Å²) in [6.07, 6.45) is 0.874. The topological polar surface area (TPSA) is 77.6 Å². The van der Waals surface area contributed by atoms with Crippen LogP contribution in [0.25, 0.3) is 0 Å². The van der Waals surface area contributed by atoms with Crippen molar-refractivity contribution < 1.29 is 14.2 Å². The minimum atomic E-state index is -0.000544. The number of nitrogen functional groups attached to an aromatic ring is 1. The van der Waals surface area contributed by atoms with Gasteiger partial charge in [-0.15, -0.1) is 0 Å². The third-order valence-corrected chi connectivity index (χ3v) is 2.46. The number of amidine groups is 1. The maximum absolute atomic E-state index is 7.42. The minimum Gasteiger partial charge on any atom is -0.496 e. The molecule has 0 unspecified atom stereocenters. The van der Waals surface area contributed by atoms with Gasteiger partial charge in [0.1, 0.15) is 11.6 Å². The quantitative estimate of drug-likeness (QED) is 0.418. The zero-order valence-corrected chi connectivity index (χ0v) is 10.9. The Hall–Kier alpha value is -1.59. The zero-order chi connectivity index (χ0) is 13.4. The van der Waals surface area contributed by atoms with Crippen molar-refractivity contribution in [1.82, 2.24) is 0 Å². The number of ether oxygens (including phenoxy) is 3. The van der Waals surface area contributed by atoms with Gasteiger partial charge in [-0.25, -0.2) is 0 Å². The fourth-order valence-electron chi connectivity index (χ4n) is 1.54. The van der Waals surface area contributed by atoms with E-state index in [-0.39, 0.29) is 5.84 Å². The lowest BCUT2D eigenvalue weighted by atomic mass is 10.1. The van der Waals surface area contributed by atoms with Gasteiger partial charge in [-0.1, -0.05) is 6.07 Å². The van der Waals surface area contributed by atoms with Crippen LogP contribution in [0.4, 0.5) is 0 Å². The first-order chi connectivity index (χ1) is 8.69. The molecule has 0 aliphatic heterocycles. The molecular formula is C13H20N2O3. The zero-order valence-electron chi connectivity index (χ0n) is 10.9. The van der Waals surface area contributed by atoms with Crippen molar-refractivity contribution in [3.05, 3.63) is 29.3 Å². The molecule has 0 aromatic heterocycles. The van der Waals surface area contributed by atoms with E-state index in [1.807, 2.05) is 12.1 Å². The van der Waals surface area contributed by atoms with Gasteiger partial charge in [-0.3, -0.25) is 5.41 Å². The van der Waals surface area contributed by atoms with E-state index in [1.165, 1.54) is 0 Å². The maximum atomic E-state index is 7.42. The average molecular weight is 252 g/mol. The molecule has 0 fully saturated rings. The van der Waals surface area contributed by atoms with E-state index in [1.54, 1.807) is 20.3 Å². The molecule has 0 aliphatic rings. The summed E-state index contributed by atoms with van der Waals surface area (Å²) in [6, 6.07) is 5.50. The van der Waals surface area contributed by atoms with Crippen LogP contribution in [-0.2, 0) is 16.1 Å². The lowest BCUT2D eigenvalue weighted by Crippen LogP contribution is -2.12. The van der Waals surface area contributed by atoms with Gasteiger partial charge in [-0.05, 0) is 24.1 Å². The Kier molecular flexibility index (Phi) is 6.18. The molecule has 0 amide bonds. The van der Waals surface area contributed by atoms with Gasteiger partial charge in [0.25, 0.3) is 0 Å².